The highest BCUT2D eigenvalue weighted by molar-refractivity contribution is 4.89. The molecule has 0 aromatic rings. The van der Waals surface area contributed by atoms with Crippen molar-refractivity contribution in [2.75, 3.05) is 19.8 Å². The van der Waals surface area contributed by atoms with E-state index in [1.807, 2.05) is 0 Å². The molecule has 1 rings (SSSR count). The fraction of sp³-hybridized carbons (Fsp3) is 0.778. The topological polar surface area (TPSA) is 35.2 Å². The third-order valence-electron chi connectivity index (χ3n) is 1.99. The van der Waals surface area contributed by atoms with Crippen molar-refractivity contribution in [1.82, 2.24) is 0 Å². The van der Waals surface area contributed by atoms with Gasteiger partial charge >= 0.3 is 0 Å². The van der Waals surface area contributed by atoms with Crippen molar-refractivity contribution in [2.24, 2.45) is 11.7 Å². The van der Waals surface area contributed by atoms with Gasteiger partial charge in [0.1, 0.15) is 0 Å². The van der Waals surface area contributed by atoms with E-state index in [0.717, 1.165) is 12.5 Å². The van der Waals surface area contributed by atoms with Gasteiger partial charge in [0.15, 0.2) is 0 Å². The van der Waals surface area contributed by atoms with Gasteiger partial charge in [0.2, 0.25) is 0 Å². The summed E-state index contributed by atoms with van der Waals surface area (Å²) in [6, 6.07) is 0. The van der Waals surface area contributed by atoms with Crippen LogP contribution in [0.5, 0.6) is 0 Å². The Morgan fingerprint density at radius 1 is 1.45 bits per heavy atom. The third kappa shape index (κ3) is 3.54. The standard InChI is InChI=1S/C9H17NO/c10-6-7-11-8-9-4-2-1-3-5-9/h1-2,9H,3-8,10H2. The van der Waals surface area contributed by atoms with Crippen LogP contribution in [0.3, 0.4) is 0 Å². The van der Waals surface area contributed by atoms with Crippen LogP contribution in [0.15, 0.2) is 12.2 Å². The molecular weight excluding hydrogens is 138 g/mol. The van der Waals surface area contributed by atoms with E-state index < -0.39 is 0 Å². The summed E-state index contributed by atoms with van der Waals surface area (Å²) < 4.78 is 5.36. The number of hydrogen-bond donors (Lipinski definition) is 1. The maximum atomic E-state index is 5.36. The molecule has 0 spiro atoms. The summed E-state index contributed by atoms with van der Waals surface area (Å²) in [7, 11) is 0. The molecule has 0 aromatic carbocycles. The van der Waals surface area contributed by atoms with Gasteiger partial charge in [-0.15, -0.1) is 0 Å². The Kier molecular flexibility index (Phi) is 4.24. The molecule has 0 saturated heterocycles. The molecule has 2 nitrogen and oxygen atoms in total. The Morgan fingerprint density at radius 2 is 2.36 bits per heavy atom. The number of hydrogen-bond acceptors (Lipinski definition) is 2. The van der Waals surface area contributed by atoms with E-state index in [-0.39, 0.29) is 0 Å². The summed E-state index contributed by atoms with van der Waals surface area (Å²) in [4.78, 5) is 0. The molecule has 11 heavy (non-hydrogen) atoms. The van der Waals surface area contributed by atoms with Gasteiger partial charge < -0.3 is 10.5 Å². The Bertz CT molecular complexity index is 123. The quantitative estimate of drug-likeness (QED) is 0.491. The van der Waals surface area contributed by atoms with Crippen molar-refractivity contribution in [1.29, 1.82) is 0 Å². The first kappa shape index (κ1) is 8.75. The number of rotatable bonds is 4. The van der Waals surface area contributed by atoms with Crippen molar-refractivity contribution in [3.8, 4) is 0 Å². The predicted molar refractivity (Wildman–Crippen MR) is 46.4 cm³/mol. The minimum atomic E-state index is 0.641. The second kappa shape index (κ2) is 5.33. The third-order valence-corrected chi connectivity index (χ3v) is 1.99. The molecule has 2 N–H and O–H groups in total. The van der Waals surface area contributed by atoms with Crippen LogP contribution < -0.4 is 5.73 Å². The minimum Gasteiger partial charge on any atom is -0.380 e. The molecule has 0 heterocycles. The Morgan fingerprint density at radius 3 is 3.00 bits per heavy atom. The Labute approximate surface area is 68.4 Å². The van der Waals surface area contributed by atoms with E-state index in [4.69, 9.17) is 10.5 Å². The zero-order valence-corrected chi connectivity index (χ0v) is 6.96. The summed E-state index contributed by atoms with van der Waals surface area (Å²) in [5, 5.41) is 0. The van der Waals surface area contributed by atoms with Crippen molar-refractivity contribution in [3.05, 3.63) is 12.2 Å². The zero-order chi connectivity index (χ0) is 7.94. The summed E-state index contributed by atoms with van der Waals surface area (Å²) in [5.74, 6) is 0.742. The molecule has 0 bridgehead atoms. The van der Waals surface area contributed by atoms with Crippen LogP contribution in [-0.2, 0) is 4.74 Å². The lowest BCUT2D eigenvalue weighted by Gasteiger charge is -2.16. The molecule has 0 radical (unpaired) electrons. The SMILES string of the molecule is NCCOCC1CC=CCC1. The van der Waals surface area contributed by atoms with Gasteiger partial charge in [-0.05, 0) is 25.2 Å². The van der Waals surface area contributed by atoms with Crippen LogP contribution in [0, 0.1) is 5.92 Å². The fourth-order valence-corrected chi connectivity index (χ4v) is 1.34. The molecule has 1 unspecified atom stereocenters. The van der Waals surface area contributed by atoms with Gasteiger partial charge in [0.25, 0.3) is 0 Å². The first-order valence-electron chi connectivity index (χ1n) is 4.36. The van der Waals surface area contributed by atoms with Crippen LogP contribution in [-0.4, -0.2) is 19.8 Å². The van der Waals surface area contributed by atoms with E-state index in [9.17, 15) is 0 Å². The predicted octanol–water partition coefficient (Wildman–Crippen LogP) is 1.32. The molecule has 0 aromatic heterocycles. The van der Waals surface area contributed by atoms with Crippen molar-refractivity contribution >= 4 is 0 Å². The normalized spacial score (nSPS) is 23.9. The molecule has 1 atom stereocenters. The molecule has 0 amide bonds. The highest BCUT2D eigenvalue weighted by Gasteiger charge is 2.08. The molecule has 1 aliphatic rings. The van der Waals surface area contributed by atoms with Gasteiger partial charge in [-0.3, -0.25) is 0 Å². The number of ether oxygens (including phenoxy) is 1. The van der Waals surface area contributed by atoms with Gasteiger partial charge in [0.05, 0.1) is 6.61 Å². The zero-order valence-electron chi connectivity index (χ0n) is 6.96. The molecule has 1 aliphatic carbocycles. The molecular formula is C9H17NO. The molecule has 2 heteroatoms. The summed E-state index contributed by atoms with van der Waals surface area (Å²) in [6.45, 7) is 2.24. The molecule has 0 fully saturated rings. The first-order chi connectivity index (χ1) is 5.43. The van der Waals surface area contributed by atoms with Crippen LogP contribution >= 0.6 is 0 Å². The summed E-state index contributed by atoms with van der Waals surface area (Å²) in [6.07, 6.45) is 8.18. The van der Waals surface area contributed by atoms with Crippen molar-refractivity contribution in [2.45, 2.75) is 19.3 Å². The largest absolute Gasteiger partial charge is 0.380 e. The molecule has 64 valence electrons. The number of allylic oxidation sites excluding steroid dienone is 2. The van der Waals surface area contributed by atoms with Crippen LogP contribution in [0.25, 0.3) is 0 Å². The second-order valence-electron chi connectivity index (χ2n) is 3.01. The number of nitrogens with two attached hydrogens (primary N) is 1. The maximum Gasteiger partial charge on any atom is 0.0588 e. The van der Waals surface area contributed by atoms with E-state index in [1.165, 1.54) is 19.3 Å². The molecule has 0 saturated carbocycles. The smallest absolute Gasteiger partial charge is 0.0588 e. The summed E-state index contributed by atoms with van der Waals surface area (Å²) >= 11 is 0. The van der Waals surface area contributed by atoms with Crippen molar-refractivity contribution in [3.63, 3.8) is 0 Å². The van der Waals surface area contributed by atoms with Gasteiger partial charge in [0, 0.05) is 13.2 Å². The average molecular weight is 155 g/mol. The lowest BCUT2D eigenvalue weighted by molar-refractivity contribution is 0.102. The molecule has 0 aliphatic heterocycles. The second-order valence-corrected chi connectivity index (χ2v) is 3.01. The van der Waals surface area contributed by atoms with E-state index >= 15 is 0 Å². The highest BCUT2D eigenvalue weighted by atomic mass is 16.5. The van der Waals surface area contributed by atoms with Crippen LogP contribution in [0.4, 0.5) is 0 Å². The van der Waals surface area contributed by atoms with E-state index in [1.54, 1.807) is 0 Å². The van der Waals surface area contributed by atoms with Gasteiger partial charge in [-0.25, -0.2) is 0 Å². The fourth-order valence-electron chi connectivity index (χ4n) is 1.34. The summed E-state index contributed by atoms with van der Waals surface area (Å²) in [5.41, 5.74) is 5.31. The van der Waals surface area contributed by atoms with E-state index in [0.29, 0.717) is 13.2 Å². The van der Waals surface area contributed by atoms with Crippen molar-refractivity contribution < 1.29 is 4.74 Å². The van der Waals surface area contributed by atoms with Gasteiger partial charge in [-0.2, -0.15) is 0 Å². The minimum absolute atomic E-state index is 0.641. The highest BCUT2D eigenvalue weighted by Crippen LogP contribution is 2.17. The lowest BCUT2D eigenvalue weighted by Crippen LogP contribution is -2.15. The Hall–Kier alpha value is -0.340. The maximum absolute atomic E-state index is 5.36. The first-order valence-corrected chi connectivity index (χ1v) is 4.36. The lowest BCUT2D eigenvalue weighted by atomic mass is 9.95. The monoisotopic (exact) mass is 155 g/mol. The van der Waals surface area contributed by atoms with Gasteiger partial charge in [-0.1, -0.05) is 12.2 Å². The average Bonchev–Trinajstić information content (AvgIpc) is 2.07. The van der Waals surface area contributed by atoms with Crippen LogP contribution in [0.2, 0.25) is 0 Å². The Balaban J connectivity index is 2.02. The van der Waals surface area contributed by atoms with Crippen LogP contribution in [0.1, 0.15) is 19.3 Å². The van der Waals surface area contributed by atoms with E-state index in [2.05, 4.69) is 12.2 Å².